The average molecular weight is 316 g/mol. The van der Waals surface area contributed by atoms with Gasteiger partial charge in [-0.15, -0.1) is 11.3 Å². The fourth-order valence-corrected chi connectivity index (χ4v) is 3.72. The molecule has 1 aromatic heterocycles. The van der Waals surface area contributed by atoms with Gasteiger partial charge in [-0.3, -0.25) is 4.79 Å². The van der Waals surface area contributed by atoms with Crippen LogP contribution in [0.4, 0.5) is 4.39 Å². The van der Waals surface area contributed by atoms with E-state index in [-0.39, 0.29) is 11.7 Å². The smallest absolute Gasteiger partial charge is 0.266 e. The minimum absolute atomic E-state index is 0.209. The number of hydrogen-bond acceptors (Lipinski definition) is 3. The highest BCUT2D eigenvalue weighted by molar-refractivity contribution is 7.14. The van der Waals surface area contributed by atoms with Gasteiger partial charge in [0, 0.05) is 4.88 Å². The lowest BCUT2D eigenvalue weighted by atomic mass is 9.90. The first-order valence-corrected chi connectivity index (χ1v) is 8.14. The van der Waals surface area contributed by atoms with Crippen molar-refractivity contribution in [3.05, 3.63) is 57.0 Å². The summed E-state index contributed by atoms with van der Waals surface area (Å²) in [7, 11) is 0. The maximum Gasteiger partial charge on any atom is 0.281 e. The van der Waals surface area contributed by atoms with E-state index in [0.29, 0.717) is 16.4 Å². The largest absolute Gasteiger partial charge is 0.281 e. The topological polar surface area (TPSA) is 41.5 Å². The van der Waals surface area contributed by atoms with Crippen LogP contribution in [0, 0.1) is 11.7 Å². The summed E-state index contributed by atoms with van der Waals surface area (Å²) in [5.41, 5.74) is 4.41. The molecule has 3 rings (SSSR count). The van der Waals surface area contributed by atoms with Crippen molar-refractivity contribution in [1.82, 2.24) is 5.43 Å². The second-order valence-electron chi connectivity index (χ2n) is 5.66. The van der Waals surface area contributed by atoms with Gasteiger partial charge in [0.25, 0.3) is 5.91 Å². The van der Waals surface area contributed by atoms with Crippen LogP contribution >= 0.6 is 11.3 Å². The molecule has 5 heteroatoms. The Hall–Kier alpha value is -2.01. The van der Waals surface area contributed by atoms with E-state index >= 15 is 0 Å². The van der Waals surface area contributed by atoms with Crippen molar-refractivity contribution in [2.24, 2.45) is 11.0 Å². The number of halogens is 1. The normalized spacial score (nSPS) is 17.5. The van der Waals surface area contributed by atoms with E-state index in [1.54, 1.807) is 23.5 Å². The van der Waals surface area contributed by atoms with Gasteiger partial charge in [-0.2, -0.15) is 5.10 Å². The molecule has 0 aliphatic heterocycles. The third-order valence-corrected chi connectivity index (χ3v) is 5.02. The number of rotatable bonds is 3. The predicted octanol–water partition coefficient (Wildman–Crippen LogP) is 3.78. The number of hydrogen-bond donors (Lipinski definition) is 1. The number of fused-ring (bicyclic) bond motifs is 1. The van der Waals surface area contributed by atoms with Gasteiger partial charge in [0.1, 0.15) is 5.82 Å². The van der Waals surface area contributed by atoms with Crippen molar-refractivity contribution in [2.75, 3.05) is 0 Å². The van der Waals surface area contributed by atoms with Crippen LogP contribution < -0.4 is 5.43 Å². The molecule has 1 N–H and O–H groups in total. The average Bonchev–Trinajstić information content (AvgIpc) is 2.90. The highest BCUT2D eigenvalue weighted by Gasteiger charge is 2.20. The molecule has 1 heterocycles. The summed E-state index contributed by atoms with van der Waals surface area (Å²) in [6, 6.07) is 8.04. The summed E-state index contributed by atoms with van der Waals surface area (Å²) >= 11 is 1.55. The summed E-state index contributed by atoms with van der Waals surface area (Å²) in [5.74, 6) is 0.152. The monoisotopic (exact) mass is 316 g/mol. The van der Waals surface area contributed by atoms with E-state index in [1.165, 1.54) is 35.2 Å². The highest BCUT2D eigenvalue weighted by atomic mass is 32.1. The Morgan fingerprint density at radius 1 is 1.45 bits per heavy atom. The molecule has 1 aliphatic carbocycles. The van der Waals surface area contributed by atoms with Crippen molar-refractivity contribution in [3.63, 3.8) is 0 Å². The molecule has 0 saturated heterocycles. The fraction of sp³-hybridized carbons (Fsp3) is 0.294. The van der Waals surface area contributed by atoms with Crippen LogP contribution in [0.15, 0.2) is 35.4 Å². The van der Waals surface area contributed by atoms with E-state index in [0.717, 1.165) is 12.8 Å². The van der Waals surface area contributed by atoms with Crippen LogP contribution in [-0.2, 0) is 12.8 Å². The van der Waals surface area contributed by atoms with Crippen LogP contribution in [0.3, 0.4) is 0 Å². The van der Waals surface area contributed by atoms with Crippen molar-refractivity contribution < 1.29 is 9.18 Å². The van der Waals surface area contributed by atoms with Gasteiger partial charge in [0.05, 0.1) is 11.1 Å². The first-order valence-electron chi connectivity index (χ1n) is 7.32. The third kappa shape index (κ3) is 3.42. The molecule has 0 fully saturated rings. The second kappa shape index (κ2) is 6.40. The lowest BCUT2D eigenvalue weighted by Crippen LogP contribution is -2.16. The molecule has 1 atom stereocenters. The van der Waals surface area contributed by atoms with Crippen molar-refractivity contribution in [2.45, 2.75) is 26.2 Å². The summed E-state index contributed by atoms with van der Waals surface area (Å²) in [4.78, 5) is 14.1. The van der Waals surface area contributed by atoms with Crippen LogP contribution in [0.5, 0.6) is 0 Å². The Morgan fingerprint density at radius 2 is 2.32 bits per heavy atom. The zero-order valence-corrected chi connectivity index (χ0v) is 13.1. The van der Waals surface area contributed by atoms with Crippen molar-refractivity contribution >= 4 is 23.5 Å². The van der Waals surface area contributed by atoms with Gasteiger partial charge < -0.3 is 0 Å². The maximum atomic E-state index is 13.0. The molecular formula is C17H17FN2OS. The maximum absolute atomic E-state index is 13.0. The number of nitrogens with one attached hydrogen (secondary N) is 1. The lowest BCUT2D eigenvalue weighted by molar-refractivity contribution is 0.0959. The molecule has 0 unspecified atom stereocenters. The first-order chi connectivity index (χ1) is 10.6. The van der Waals surface area contributed by atoms with Crippen LogP contribution in [0.25, 0.3) is 0 Å². The van der Waals surface area contributed by atoms with E-state index in [1.807, 2.05) is 6.07 Å². The van der Waals surface area contributed by atoms with Gasteiger partial charge in [-0.05, 0) is 54.5 Å². The second-order valence-corrected chi connectivity index (χ2v) is 6.80. The highest BCUT2D eigenvalue weighted by Crippen LogP contribution is 2.32. The van der Waals surface area contributed by atoms with E-state index in [9.17, 15) is 9.18 Å². The van der Waals surface area contributed by atoms with Crippen molar-refractivity contribution in [1.29, 1.82) is 0 Å². The van der Waals surface area contributed by atoms with Crippen LogP contribution in [0.1, 0.15) is 39.0 Å². The van der Waals surface area contributed by atoms with E-state index < -0.39 is 0 Å². The van der Waals surface area contributed by atoms with Crippen LogP contribution in [-0.4, -0.2) is 12.1 Å². The Bertz CT molecular complexity index is 723. The molecule has 1 amide bonds. The molecule has 0 bridgehead atoms. The molecule has 1 aromatic carbocycles. The zero-order valence-electron chi connectivity index (χ0n) is 12.3. The van der Waals surface area contributed by atoms with Gasteiger partial charge in [0.15, 0.2) is 0 Å². The molecule has 3 nitrogen and oxygen atoms in total. The number of aryl methyl sites for hydroxylation is 1. The number of hydrazone groups is 1. The molecule has 1 aliphatic rings. The Kier molecular flexibility index (Phi) is 4.34. The summed E-state index contributed by atoms with van der Waals surface area (Å²) < 4.78 is 13.0. The first kappa shape index (κ1) is 14.9. The number of carbonyl (C=O) groups is 1. The Balaban J connectivity index is 1.65. The molecule has 0 radical (unpaired) electrons. The molecule has 0 saturated carbocycles. The molecule has 0 spiro atoms. The quantitative estimate of drug-likeness (QED) is 0.679. The Morgan fingerprint density at radius 3 is 3.14 bits per heavy atom. The number of benzene rings is 1. The summed E-state index contributed by atoms with van der Waals surface area (Å²) in [6.45, 7) is 2.24. The van der Waals surface area contributed by atoms with Crippen LogP contribution in [0.2, 0.25) is 0 Å². The minimum Gasteiger partial charge on any atom is -0.266 e. The Labute approximate surface area is 132 Å². The number of thiophene rings is 1. The van der Waals surface area contributed by atoms with Gasteiger partial charge in [0.2, 0.25) is 0 Å². The number of nitrogens with zero attached hydrogens (tertiary/aromatic N) is 1. The van der Waals surface area contributed by atoms with Crippen molar-refractivity contribution in [3.8, 4) is 0 Å². The molecular weight excluding hydrogens is 299 g/mol. The van der Waals surface area contributed by atoms with E-state index in [2.05, 4.69) is 17.5 Å². The third-order valence-electron chi connectivity index (χ3n) is 3.78. The van der Waals surface area contributed by atoms with Gasteiger partial charge >= 0.3 is 0 Å². The number of amides is 1. The number of carbonyl (C=O) groups excluding carboxylic acids is 1. The van der Waals surface area contributed by atoms with Gasteiger partial charge in [-0.1, -0.05) is 19.1 Å². The zero-order chi connectivity index (χ0) is 15.5. The standard InChI is InChI=1S/C17H17FN2OS/c1-11-5-6-15-13(7-11)9-16(22-15)17(21)20-19-10-12-3-2-4-14(18)8-12/h2-4,8-11H,5-7H2,1H3,(H,20,21)/b19-10-/t11-/m1/s1. The molecule has 114 valence electrons. The minimum atomic E-state index is -0.324. The van der Waals surface area contributed by atoms with E-state index in [4.69, 9.17) is 0 Å². The lowest BCUT2D eigenvalue weighted by Gasteiger charge is -2.16. The fourth-order valence-electron chi connectivity index (χ4n) is 2.63. The molecule has 22 heavy (non-hydrogen) atoms. The predicted molar refractivity (Wildman–Crippen MR) is 87.0 cm³/mol. The summed E-state index contributed by atoms with van der Waals surface area (Å²) in [5, 5.41) is 3.90. The molecule has 2 aromatic rings. The SMILES string of the molecule is C[C@@H]1CCc2sc(C(=O)N/N=C\c3cccc(F)c3)cc2C1. The summed E-state index contributed by atoms with van der Waals surface area (Å²) in [6.07, 6.45) is 4.73. The van der Waals surface area contributed by atoms with Gasteiger partial charge in [-0.25, -0.2) is 9.82 Å².